The Bertz CT molecular complexity index is 543. The van der Waals surface area contributed by atoms with Crippen molar-refractivity contribution in [2.75, 3.05) is 0 Å². The van der Waals surface area contributed by atoms with Crippen LogP contribution in [0, 0.1) is 6.92 Å². The molecule has 1 aromatic carbocycles. The van der Waals surface area contributed by atoms with Crippen LogP contribution in [0.15, 0.2) is 34.7 Å². The van der Waals surface area contributed by atoms with E-state index in [0.717, 1.165) is 11.1 Å². The van der Waals surface area contributed by atoms with Crippen LogP contribution in [0.2, 0.25) is 5.02 Å². The lowest BCUT2D eigenvalue weighted by molar-refractivity contribution is 0.0663. The van der Waals surface area contributed by atoms with Crippen molar-refractivity contribution in [3.8, 4) is 11.3 Å². The average molecular weight is 237 g/mol. The van der Waals surface area contributed by atoms with E-state index in [1.807, 2.05) is 13.0 Å². The molecule has 4 heteroatoms. The Kier molecular flexibility index (Phi) is 2.71. The van der Waals surface area contributed by atoms with Crippen molar-refractivity contribution in [3.63, 3.8) is 0 Å². The molecule has 3 nitrogen and oxygen atoms in total. The normalized spacial score (nSPS) is 10.4. The summed E-state index contributed by atoms with van der Waals surface area (Å²) >= 11 is 5.88. The lowest BCUT2D eigenvalue weighted by Gasteiger charge is -2.02. The zero-order valence-electron chi connectivity index (χ0n) is 8.53. The molecule has 1 N–H and O–H groups in total. The maximum absolute atomic E-state index is 10.7. The van der Waals surface area contributed by atoms with Crippen molar-refractivity contribution in [2.45, 2.75) is 6.92 Å². The van der Waals surface area contributed by atoms with Gasteiger partial charge in [-0.2, -0.15) is 0 Å². The summed E-state index contributed by atoms with van der Waals surface area (Å²) in [5, 5.41) is 9.34. The minimum absolute atomic E-state index is 0.0747. The molecule has 0 bridgehead atoms. The van der Waals surface area contributed by atoms with Gasteiger partial charge < -0.3 is 9.52 Å². The van der Waals surface area contributed by atoms with Gasteiger partial charge in [0.25, 0.3) is 0 Å². The maximum Gasteiger partial charge on any atom is 0.371 e. The van der Waals surface area contributed by atoms with Gasteiger partial charge in [-0.25, -0.2) is 4.79 Å². The molecule has 0 saturated carbocycles. The second-order valence-corrected chi connectivity index (χ2v) is 3.86. The summed E-state index contributed by atoms with van der Waals surface area (Å²) in [5.74, 6) is -0.641. The van der Waals surface area contributed by atoms with Crippen LogP contribution in [-0.4, -0.2) is 11.1 Å². The van der Waals surface area contributed by atoms with Crippen LogP contribution in [0.25, 0.3) is 11.3 Å². The quantitative estimate of drug-likeness (QED) is 0.867. The second kappa shape index (κ2) is 4.02. The summed E-state index contributed by atoms with van der Waals surface area (Å²) in [7, 11) is 0. The highest BCUT2D eigenvalue weighted by Gasteiger charge is 2.12. The van der Waals surface area contributed by atoms with Gasteiger partial charge in [0.1, 0.15) is 5.76 Å². The highest BCUT2D eigenvalue weighted by atomic mass is 35.5. The van der Waals surface area contributed by atoms with E-state index in [1.54, 1.807) is 18.2 Å². The fraction of sp³-hybridized carbons (Fsp3) is 0.0833. The average Bonchev–Trinajstić information content (AvgIpc) is 2.70. The molecular weight excluding hydrogens is 228 g/mol. The molecule has 1 aromatic heterocycles. The lowest BCUT2D eigenvalue weighted by Crippen LogP contribution is -1.91. The number of carboxylic acid groups (broad SMARTS) is 1. The zero-order chi connectivity index (χ0) is 11.7. The Morgan fingerprint density at radius 1 is 1.31 bits per heavy atom. The number of hydrogen-bond acceptors (Lipinski definition) is 2. The summed E-state index contributed by atoms with van der Waals surface area (Å²) in [4.78, 5) is 10.7. The number of hydrogen-bond donors (Lipinski definition) is 1. The minimum atomic E-state index is -1.08. The third kappa shape index (κ3) is 1.95. The number of rotatable bonds is 2. The van der Waals surface area contributed by atoms with Crippen LogP contribution in [-0.2, 0) is 0 Å². The highest BCUT2D eigenvalue weighted by molar-refractivity contribution is 6.30. The number of furan rings is 1. The van der Waals surface area contributed by atoms with Crippen LogP contribution in [0.4, 0.5) is 0 Å². The van der Waals surface area contributed by atoms with Gasteiger partial charge >= 0.3 is 5.97 Å². The Balaban J connectivity index is 2.50. The summed E-state index contributed by atoms with van der Waals surface area (Å²) < 4.78 is 5.21. The topological polar surface area (TPSA) is 50.4 Å². The third-order valence-electron chi connectivity index (χ3n) is 2.28. The molecule has 0 saturated heterocycles. The summed E-state index contributed by atoms with van der Waals surface area (Å²) in [6.45, 7) is 1.91. The minimum Gasteiger partial charge on any atom is -0.475 e. The molecule has 0 aliphatic rings. The van der Waals surface area contributed by atoms with Crippen molar-refractivity contribution in [1.82, 2.24) is 0 Å². The molecule has 2 aromatic rings. The fourth-order valence-electron chi connectivity index (χ4n) is 1.46. The van der Waals surface area contributed by atoms with Gasteiger partial charge in [0, 0.05) is 10.6 Å². The van der Waals surface area contributed by atoms with E-state index in [2.05, 4.69) is 0 Å². The molecule has 0 spiro atoms. The molecule has 0 aliphatic heterocycles. The predicted molar refractivity (Wildman–Crippen MR) is 60.9 cm³/mol. The molecule has 82 valence electrons. The number of halogens is 1. The molecule has 0 unspecified atom stereocenters. The van der Waals surface area contributed by atoms with Crippen LogP contribution in [0.5, 0.6) is 0 Å². The molecule has 0 fully saturated rings. The number of aryl methyl sites for hydroxylation is 1. The van der Waals surface area contributed by atoms with Crippen LogP contribution in [0.3, 0.4) is 0 Å². The van der Waals surface area contributed by atoms with Crippen molar-refractivity contribution < 1.29 is 14.3 Å². The van der Waals surface area contributed by atoms with Gasteiger partial charge in [-0.1, -0.05) is 17.7 Å². The van der Waals surface area contributed by atoms with Gasteiger partial charge in [0.2, 0.25) is 5.76 Å². The number of carbonyl (C=O) groups is 1. The standard InChI is InChI=1S/C12H9ClO3/c1-7-2-3-8(13)6-9(7)10-4-5-11(16-10)12(14)15/h2-6H,1H3,(H,14,15). The molecular formula is C12H9ClO3. The van der Waals surface area contributed by atoms with Gasteiger partial charge in [-0.15, -0.1) is 0 Å². The van der Waals surface area contributed by atoms with Crippen LogP contribution in [0.1, 0.15) is 16.1 Å². The van der Waals surface area contributed by atoms with E-state index in [1.165, 1.54) is 6.07 Å². The van der Waals surface area contributed by atoms with E-state index in [9.17, 15) is 4.79 Å². The van der Waals surface area contributed by atoms with Gasteiger partial charge in [0.15, 0.2) is 0 Å². The first-order chi connectivity index (χ1) is 7.58. The van der Waals surface area contributed by atoms with Gasteiger partial charge in [0.05, 0.1) is 0 Å². The van der Waals surface area contributed by atoms with Crippen molar-refractivity contribution >= 4 is 17.6 Å². The molecule has 16 heavy (non-hydrogen) atoms. The largest absolute Gasteiger partial charge is 0.475 e. The number of aromatic carboxylic acids is 1. The molecule has 2 rings (SSSR count). The predicted octanol–water partition coefficient (Wildman–Crippen LogP) is 3.61. The van der Waals surface area contributed by atoms with E-state index in [0.29, 0.717) is 10.8 Å². The Morgan fingerprint density at radius 2 is 2.06 bits per heavy atom. The molecule has 0 aliphatic carbocycles. The second-order valence-electron chi connectivity index (χ2n) is 3.43. The van der Waals surface area contributed by atoms with E-state index in [-0.39, 0.29) is 5.76 Å². The van der Waals surface area contributed by atoms with Crippen molar-refractivity contribution in [2.24, 2.45) is 0 Å². The third-order valence-corrected chi connectivity index (χ3v) is 2.52. The first kappa shape index (κ1) is 10.8. The number of benzene rings is 1. The first-order valence-corrected chi connectivity index (χ1v) is 5.05. The van der Waals surface area contributed by atoms with E-state index < -0.39 is 5.97 Å². The van der Waals surface area contributed by atoms with E-state index in [4.69, 9.17) is 21.1 Å². The Labute approximate surface area is 97.3 Å². The number of carboxylic acids is 1. The van der Waals surface area contributed by atoms with Crippen molar-refractivity contribution in [3.05, 3.63) is 46.7 Å². The smallest absolute Gasteiger partial charge is 0.371 e. The zero-order valence-corrected chi connectivity index (χ0v) is 9.28. The lowest BCUT2D eigenvalue weighted by atomic mass is 10.1. The van der Waals surface area contributed by atoms with Gasteiger partial charge in [-0.05, 0) is 36.8 Å². The van der Waals surface area contributed by atoms with Gasteiger partial charge in [-0.3, -0.25) is 0 Å². The fourth-order valence-corrected chi connectivity index (χ4v) is 1.63. The Hall–Kier alpha value is -1.74. The summed E-state index contributed by atoms with van der Waals surface area (Å²) in [5.41, 5.74) is 1.79. The maximum atomic E-state index is 10.7. The first-order valence-electron chi connectivity index (χ1n) is 4.67. The highest BCUT2D eigenvalue weighted by Crippen LogP contribution is 2.28. The van der Waals surface area contributed by atoms with E-state index >= 15 is 0 Å². The molecule has 0 radical (unpaired) electrons. The van der Waals surface area contributed by atoms with Crippen LogP contribution >= 0.6 is 11.6 Å². The summed E-state index contributed by atoms with van der Waals surface area (Å²) in [6, 6.07) is 8.45. The molecule has 1 heterocycles. The van der Waals surface area contributed by atoms with Crippen molar-refractivity contribution in [1.29, 1.82) is 0 Å². The molecule has 0 atom stereocenters. The van der Waals surface area contributed by atoms with Crippen LogP contribution < -0.4 is 0 Å². The monoisotopic (exact) mass is 236 g/mol. The SMILES string of the molecule is Cc1ccc(Cl)cc1-c1ccc(C(=O)O)o1. The summed E-state index contributed by atoms with van der Waals surface area (Å²) in [6.07, 6.45) is 0. The Morgan fingerprint density at radius 3 is 2.69 bits per heavy atom. The molecule has 0 amide bonds.